The molecule has 3 rings (SSSR count). The number of pyridine rings is 1. The van der Waals surface area contributed by atoms with Crippen molar-refractivity contribution in [3.63, 3.8) is 0 Å². The predicted molar refractivity (Wildman–Crippen MR) is 95.8 cm³/mol. The first-order valence-electron chi connectivity index (χ1n) is 7.80. The second kappa shape index (κ2) is 7.49. The molecule has 0 radical (unpaired) electrons. The van der Waals surface area contributed by atoms with Crippen molar-refractivity contribution >= 4 is 33.3 Å². The van der Waals surface area contributed by atoms with Crippen LogP contribution in [0.3, 0.4) is 0 Å². The smallest absolute Gasteiger partial charge is 0.276 e. The van der Waals surface area contributed by atoms with Crippen LogP contribution in [0.1, 0.15) is 38.3 Å². The number of unbranched alkanes of at least 4 members (excludes halogenated alkanes) is 3. The van der Waals surface area contributed by atoms with Gasteiger partial charge in [-0.2, -0.15) is 0 Å². The molecular weight excluding hydrogens is 376 g/mol. The third-order valence-corrected chi connectivity index (χ3v) is 4.96. The van der Waals surface area contributed by atoms with Crippen LogP contribution in [0.15, 0.2) is 32.4 Å². The lowest BCUT2D eigenvalue weighted by Crippen LogP contribution is -1.89. The summed E-state index contributed by atoms with van der Waals surface area (Å²) in [7, 11) is 0. The fourth-order valence-corrected chi connectivity index (χ4v) is 3.54. The van der Waals surface area contributed by atoms with Crippen molar-refractivity contribution in [1.82, 2.24) is 19.6 Å². The van der Waals surface area contributed by atoms with Crippen molar-refractivity contribution in [3.05, 3.63) is 28.5 Å². The Morgan fingerprint density at radius 3 is 2.91 bits per heavy atom. The molecular formula is C16H19BrN4OS. The van der Waals surface area contributed by atoms with Gasteiger partial charge < -0.3 is 4.42 Å². The highest BCUT2D eigenvalue weighted by atomic mass is 79.9. The standard InChI is InChI=1S/C16H19BrN4OS/c1-3-4-5-6-9-23-16-20-19-15(22-16)14-11(2)18-13-8-7-12(17)10-21(13)14/h7-8,10H,3-6,9H2,1-2H3. The van der Waals surface area contributed by atoms with Crippen LogP contribution in [0, 0.1) is 6.92 Å². The summed E-state index contributed by atoms with van der Waals surface area (Å²) >= 11 is 5.11. The van der Waals surface area contributed by atoms with Gasteiger partial charge in [0.15, 0.2) is 0 Å². The van der Waals surface area contributed by atoms with Gasteiger partial charge in [0.2, 0.25) is 0 Å². The molecule has 0 aromatic carbocycles. The summed E-state index contributed by atoms with van der Waals surface area (Å²) in [5, 5.41) is 8.98. The quantitative estimate of drug-likeness (QED) is 0.410. The Morgan fingerprint density at radius 2 is 2.09 bits per heavy atom. The number of hydrogen-bond acceptors (Lipinski definition) is 5. The van der Waals surface area contributed by atoms with Crippen LogP contribution >= 0.6 is 27.7 Å². The molecule has 0 N–H and O–H groups in total. The Bertz CT molecular complexity index is 799. The highest BCUT2D eigenvalue weighted by Gasteiger charge is 2.17. The van der Waals surface area contributed by atoms with Gasteiger partial charge in [0.1, 0.15) is 11.3 Å². The lowest BCUT2D eigenvalue weighted by Gasteiger charge is -1.99. The third kappa shape index (κ3) is 3.77. The molecule has 3 aromatic rings. The van der Waals surface area contributed by atoms with E-state index in [2.05, 4.69) is 38.0 Å². The number of imidazole rings is 1. The molecule has 5 nitrogen and oxygen atoms in total. The van der Waals surface area contributed by atoms with E-state index in [0.717, 1.165) is 27.3 Å². The van der Waals surface area contributed by atoms with Gasteiger partial charge in [-0.15, -0.1) is 10.2 Å². The maximum atomic E-state index is 5.83. The number of thioether (sulfide) groups is 1. The van der Waals surface area contributed by atoms with E-state index in [0.29, 0.717) is 11.1 Å². The Kier molecular flexibility index (Phi) is 5.38. The highest BCUT2D eigenvalue weighted by molar-refractivity contribution is 9.10. The zero-order valence-corrected chi connectivity index (χ0v) is 15.7. The number of halogens is 1. The van der Waals surface area contributed by atoms with Crippen molar-refractivity contribution in [3.8, 4) is 11.6 Å². The average molecular weight is 395 g/mol. The summed E-state index contributed by atoms with van der Waals surface area (Å²) < 4.78 is 8.78. The first-order valence-corrected chi connectivity index (χ1v) is 9.57. The molecule has 122 valence electrons. The summed E-state index contributed by atoms with van der Waals surface area (Å²) in [6.45, 7) is 4.17. The maximum Gasteiger partial charge on any atom is 0.276 e. The minimum absolute atomic E-state index is 0.518. The summed E-state index contributed by atoms with van der Waals surface area (Å²) in [4.78, 5) is 4.54. The van der Waals surface area contributed by atoms with Crippen LogP contribution in [-0.4, -0.2) is 25.3 Å². The van der Waals surface area contributed by atoms with Gasteiger partial charge in [-0.1, -0.05) is 37.9 Å². The third-order valence-electron chi connectivity index (χ3n) is 3.59. The second-order valence-electron chi connectivity index (χ2n) is 5.40. The average Bonchev–Trinajstić information content (AvgIpc) is 3.10. The molecule has 0 bridgehead atoms. The lowest BCUT2D eigenvalue weighted by atomic mass is 10.2. The largest absolute Gasteiger partial charge is 0.410 e. The van der Waals surface area contributed by atoms with E-state index in [-0.39, 0.29) is 0 Å². The summed E-state index contributed by atoms with van der Waals surface area (Å²) in [5.41, 5.74) is 2.60. The molecule has 3 aromatic heterocycles. The number of hydrogen-bond donors (Lipinski definition) is 0. The van der Waals surface area contributed by atoms with Crippen LogP contribution in [0.4, 0.5) is 0 Å². The zero-order chi connectivity index (χ0) is 16.2. The van der Waals surface area contributed by atoms with Crippen molar-refractivity contribution in [1.29, 1.82) is 0 Å². The van der Waals surface area contributed by atoms with Crippen LogP contribution < -0.4 is 0 Å². The number of aryl methyl sites for hydroxylation is 1. The summed E-state index contributed by atoms with van der Waals surface area (Å²) in [6.07, 6.45) is 6.93. The molecule has 0 unspecified atom stereocenters. The monoisotopic (exact) mass is 394 g/mol. The first kappa shape index (κ1) is 16.5. The second-order valence-corrected chi connectivity index (χ2v) is 7.37. The summed E-state index contributed by atoms with van der Waals surface area (Å²) in [5.74, 6) is 1.53. The number of rotatable bonds is 7. The molecule has 0 aliphatic heterocycles. The van der Waals surface area contributed by atoms with Crippen molar-refractivity contribution < 1.29 is 4.42 Å². The Labute approximate surface area is 148 Å². The Hall–Kier alpha value is -1.34. The van der Waals surface area contributed by atoms with E-state index < -0.39 is 0 Å². The molecule has 0 saturated heterocycles. The molecule has 0 aliphatic carbocycles. The van der Waals surface area contributed by atoms with Gasteiger partial charge in [-0.05, 0) is 41.4 Å². The predicted octanol–water partition coefficient (Wildman–Crippen LogP) is 5.13. The molecule has 0 amide bonds. The molecule has 0 aliphatic rings. The number of fused-ring (bicyclic) bond motifs is 1. The fraction of sp³-hybridized carbons (Fsp3) is 0.438. The Morgan fingerprint density at radius 1 is 1.22 bits per heavy atom. The molecule has 23 heavy (non-hydrogen) atoms. The summed E-state index contributed by atoms with van der Waals surface area (Å²) in [6, 6.07) is 3.93. The Balaban J connectivity index is 1.78. The normalized spacial score (nSPS) is 11.4. The van der Waals surface area contributed by atoms with Gasteiger partial charge in [0.25, 0.3) is 11.1 Å². The molecule has 0 fully saturated rings. The van der Waals surface area contributed by atoms with Crippen molar-refractivity contribution in [2.75, 3.05) is 5.75 Å². The molecule has 7 heteroatoms. The lowest BCUT2D eigenvalue weighted by molar-refractivity contribution is 0.463. The van der Waals surface area contributed by atoms with E-state index >= 15 is 0 Å². The molecule has 0 saturated carbocycles. The van der Waals surface area contributed by atoms with Crippen LogP contribution in [-0.2, 0) is 0 Å². The molecule has 3 heterocycles. The first-order chi connectivity index (χ1) is 11.2. The van der Waals surface area contributed by atoms with Crippen LogP contribution in [0.2, 0.25) is 0 Å². The molecule has 0 spiro atoms. The van der Waals surface area contributed by atoms with Gasteiger partial charge in [0.05, 0.1) is 5.69 Å². The van der Waals surface area contributed by atoms with E-state index in [9.17, 15) is 0 Å². The van der Waals surface area contributed by atoms with E-state index in [1.807, 2.05) is 29.7 Å². The van der Waals surface area contributed by atoms with Gasteiger partial charge in [-0.3, -0.25) is 4.40 Å². The van der Waals surface area contributed by atoms with Gasteiger partial charge in [0, 0.05) is 16.4 Å². The van der Waals surface area contributed by atoms with Gasteiger partial charge in [-0.25, -0.2) is 4.98 Å². The SMILES string of the molecule is CCCCCCSc1nnc(-c2c(C)nc3ccc(Br)cn23)o1. The van der Waals surface area contributed by atoms with Crippen molar-refractivity contribution in [2.45, 2.75) is 44.8 Å². The minimum Gasteiger partial charge on any atom is -0.410 e. The van der Waals surface area contributed by atoms with Crippen LogP contribution in [0.25, 0.3) is 17.2 Å². The highest BCUT2D eigenvalue weighted by Crippen LogP contribution is 2.28. The topological polar surface area (TPSA) is 56.2 Å². The van der Waals surface area contributed by atoms with E-state index in [4.69, 9.17) is 4.42 Å². The fourth-order valence-electron chi connectivity index (χ4n) is 2.45. The minimum atomic E-state index is 0.518. The van der Waals surface area contributed by atoms with Gasteiger partial charge >= 0.3 is 0 Å². The van der Waals surface area contributed by atoms with E-state index in [1.54, 1.807) is 11.8 Å². The van der Waals surface area contributed by atoms with E-state index in [1.165, 1.54) is 25.7 Å². The number of nitrogens with zero attached hydrogens (tertiary/aromatic N) is 4. The molecule has 0 atom stereocenters. The zero-order valence-electron chi connectivity index (χ0n) is 13.3. The van der Waals surface area contributed by atoms with Crippen molar-refractivity contribution in [2.24, 2.45) is 0 Å². The van der Waals surface area contributed by atoms with Crippen LogP contribution in [0.5, 0.6) is 0 Å². The number of aromatic nitrogens is 4. The maximum absolute atomic E-state index is 5.83.